The average Bonchev–Trinajstić information content (AvgIpc) is 2.94. The number of alkyl halides is 1. The minimum Gasteiger partial charge on any atom is -0.339 e. The number of fused-ring (bicyclic) bond motifs is 1. The van der Waals surface area contributed by atoms with E-state index in [-0.39, 0.29) is 0 Å². The molecule has 3 rings (SSSR count). The minimum atomic E-state index is 0.361. The smallest absolute Gasteiger partial charge is 0.227 e. The van der Waals surface area contributed by atoms with Crippen LogP contribution in [-0.4, -0.2) is 16.0 Å². The van der Waals surface area contributed by atoms with Gasteiger partial charge < -0.3 is 4.52 Å². The fourth-order valence-electron chi connectivity index (χ4n) is 2.36. The maximum atomic E-state index is 5.65. The van der Waals surface area contributed by atoms with Gasteiger partial charge in [-0.05, 0) is 24.0 Å². The van der Waals surface area contributed by atoms with E-state index in [1.165, 1.54) is 11.1 Å². The lowest BCUT2D eigenvalue weighted by molar-refractivity contribution is 0.373. The first-order valence-corrected chi connectivity index (χ1v) is 6.35. The molecule has 88 valence electrons. The lowest BCUT2D eigenvalue weighted by atomic mass is 10.1. The van der Waals surface area contributed by atoms with E-state index in [4.69, 9.17) is 16.1 Å². The summed E-state index contributed by atoms with van der Waals surface area (Å²) in [6.45, 7) is 0. The normalized spacial score (nSPS) is 15.1. The Kier molecular flexibility index (Phi) is 2.85. The third-order valence-electron chi connectivity index (χ3n) is 3.21. The zero-order valence-electron chi connectivity index (χ0n) is 9.40. The summed E-state index contributed by atoms with van der Waals surface area (Å²) in [6, 6.07) is 8.51. The van der Waals surface area contributed by atoms with E-state index in [1.54, 1.807) is 0 Å². The second kappa shape index (κ2) is 4.49. The van der Waals surface area contributed by atoms with Crippen molar-refractivity contribution in [3.63, 3.8) is 0 Å². The van der Waals surface area contributed by atoms with E-state index in [0.717, 1.165) is 18.7 Å². The molecule has 0 radical (unpaired) electrons. The summed E-state index contributed by atoms with van der Waals surface area (Å²) in [6.07, 6.45) is 2.67. The lowest BCUT2D eigenvalue weighted by Crippen LogP contribution is -2.00. The van der Waals surface area contributed by atoms with Gasteiger partial charge in [-0.2, -0.15) is 4.98 Å². The lowest BCUT2D eigenvalue weighted by Gasteiger charge is -2.00. The Morgan fingerprint density at radius 1 is 1.24 bits per heavy atom. The van der Waals surface area contributed by atoms with Crippen LogP contribution >= 0.6 is 11.6 Å². The summed E-state index contributed by atoms with van der Waals surface area (Å²) >= 11 is 5.65. The average molecular weight is 249 g/mol. The standard InChI is InChI=1S/C13H13ClN2O/c14-6-5-12-15-13(16-17-12)11-7-9-3-1-2-4-10(9)8-11/h1-4,11H,5-8H2. The molecule has 4 heteroatoms. The highest BCUT2D eigenvalue weighted by molar-refractivity contribution is 6.17. The van der Waals surface area contributed by atoms with Gasteiger partial charge in [0.05, 0.1) is 0 Å². The molecule has 0 saturated carbocycles. The Labute approximate surface area is 105 Å². The summed E-state index contributed by atoms with van der Waals surface area (Å²) in [5.41, 5.74) is 2.81. The van der Waals surface area contributed by atoms with Crippen LogP contribution in [-0.2, 0) is 19.3 Å². The minimum absolute atomic E-state index is 0.361. The molecule has 2 aromatic rings. The van der Waals surface area contributed by atoms with Crippen molar-refractivity contribution in [1.82, 2.24) is 10.1 Å². The molecule has 1 heterocycles. The van der Waals surface area contributed by atoms with Gasteiger partial charge in [0.15, 0.2) is 5.82 Å². The Hall–Kier alpha value is -1.35. The molecule has 1 aliphatic carbocycles. The van der Waals surface area contributed by atoms with Gasteiger partial charge in [-0.15, -0.1) is 11.6 Å². The predicted octanol–water partition coefficient (Wildman–Crippen LogP) is 2.73. The van der Waals surface area contributed by atoms with Crippen LogP contribution in [0.1, 0.15) is 28.8 Å². The molecule has 1 aromatic carbocycles. The van der Waals surface area contributed by atoms with Crippen LogP contribution in [0.5, 0.6) is 0 Å². The number of halogens is 1. The van der Waals surface area contributed by atoms with Crippen molar-refractivity contribution in [2.75, 3.05) is 5.88 Å². The van der Waals surface area contributed by atoms with Gasteiger partial charge in [-0.25, -0.2) is 0 Å². The number of benzene rings is 1. The van der Waals surface area contributed by atoms with Crippen LogP contribution in [0.25, 0.3) is 0 Å². The first kappa shape index (κ1) is 10.8. The summed E-state index contributed by atoms with van der Waals surface area (Å²) in [5.74, 6) is 2.35. The molecule has 17 heavy (non-hydrogen) atoms. The molecular weight excluding hydrogens is 236 g/mol. The topological polar surface area (TPSA) is 38.9 Å². The van der Waals surface area contributed by atoms with Gasteiger partial charge in [0, 0.05) is 18.2 Å². The highest BCUT2D eigenvalue weighted by Gasteiger charge is 2.26. The van der Waals surface area contributed by atoms with Crippen molar-refractivity contribution in [3.05, 3.63) is 47.1 Å². The third kappa shape index (κ3) is 2.07. The van der Waals surface area contributed by atoms with Crippen molar-refractivity contribution in [2.45, 2.75) is 25.2 Å². The monoisotopic (exact) mass is 248 g/mol. The van der Waals surface area contributed by atoms with Gasteiger partial charge in [-0.1, -0.05) is 29.4 Å². The second-order valence-electron chi connectivity index (χ2n) is 4.36. The van der Waals surface area contributed by atoms with Gasteiger partial charge in [0.2, 0.25) is 5.89 Å². The Morgan fingerprint density at radius 2 is 1.94 bits per heavy atom. The van der Waals surface area contributed by atoms with Gasteiger partial charge in [0.25, 0.3) is 0 Å². The number of rotatable bonds is 3. The van der Waals surface area contributed by atoms with E-state index >= 15 is 0 Å². The van der Waals surface area contributed by atoms with E-state index in [2.05, 4.69) is 34.4 Å². The summed E-state index contributed by atoms with van der Waals surface area (Å²) in [7, 11) is 0. The molecule has 0 atom stereocenters. The van der Waals surface area contributed by atoms with Crippen molar-refractivity contribution in [1.29, 1.82) is 0 Å². The van der Waals surface area contributed by atoms with Crippen molar-refractivity contribution < 1.29 is 4.52 Å². The fourth-order valence-corrected chi connectivity index (χ4v) is 2.52. The Morgan fingerprint density at radius 3 is 2.59 bits per heavy atom. The van der Waals surface area contributed by atoms with Gasteiger partial charge in [0.1, 0.15) is 0 Å². The first-order valence-electron chi connectivity index (χ1n) is 5.82. The molecule has 0 fully saturated rings. The van der Waals surface area contributed by atoms with Crippen LogP contribution in [0.3, 0.4) is 0 Å². The van der Waals surface area contributed by atoms with Gasteiger partial charge in [-0.3, -0.25) is 0 Å². The second-order valence-corrected chi connectivity index (χ2v) is 4.74. The predicted molar refractivity (Wildman–Crippen MR) is 65.3 cm³/mol. The molecule has 0 saturated heterocycles. The SMILES string of the molecule is ClCCc1nc(C2Cc3ccccc3C2)no1. The zero-order valence-corrected chi connectivity index (χ0v) is 10.2. The molecule has 0 unspecified atom stereocenters. The molecule has 1 aliphatic rings. The molecule has 0 N–H and O–H groups in total. The van der Waals surface area contributed by atoms with Crippen molar-refractivity contribution >= 4 is 11.6 Å². The number of aryl methyl sites for hydroxylation is 1. The maximum Gasteiger partial charge on any atom is 0.227 e. The largest absolute Gasteiger partial charge is 0.339 e. The van der Waals surface area contributed by atoms with E-state index in [1.807, 2.05) is 0 Å². The zero-order chi connectivity index (χ0) is 11.7. The van der Waals surface area contributed by atoms with E-state index < -0.39 is 0 Å². The number of nitrogens with zero attached hydrogens (tertiary/aromatic N) is 2. The Bertz CT molecular complexity index is 499. The fraction of sp³-hybridized carbons (Fsp3) is 0.385. The molecule has 0 amide bonds. The van der Waals surface area contributed by atoms with Crippen LogP contribution in [0.2, 0.25) is 0 Å². The van der Waals surface area contributed by atoms with E-state index in [9.17, 15) is 0 Å². The van der Waals surface area contributed by atoms with Gasteiger partial charge >= 0.3 is 0 Å². The molecule has 0 bridgehead atoms. The van der Waals surface area contributed by atoms with E-state index in [0.29, 0.717) is 24.1 Å². The van der Waals surface area contributed by atoms with Crippen molar-refractivity contribution in [3.8, 4) is 0 Å². The van der Waals surface area contributed by atoms with Crippen molar-refractivity contribution in [2.24, 2.45) is 0 Å². The summed E-state index contributed by atoms with van der Waals surface area (Å²) in [5, 5.41) is 4.06. The third-order valence-corrected chi connectivity index (χ3v) is 3.40. The number of hydrogen-bond acceptors (Lipinski definition) is 3. The highest BCUT2D eigenvalue weighted by atomic mass is 35.5. The first-order chi connectivity index (χ1) is 8.36. The van der Waals surface area contributed by atoms with Crippen LogP contribution < -0.4 is 0 Å². The summed E-state index contributed by atoms with van der Waals surface area (Å²) < 4.78 is 5.17. The molecule has 1 aromatic heterocycles. The van der Waals surface area contributed by atoms with Crippen LogP contribution in [0.4, 0.5) is 0 Å². The molecule has 3 nitrogen and oxygen atoms in total. The number of hydrogen-bond donors (Lipinski definition) is 0. The van der Waals surface area contributed by atoms with Crippen LogP contribution in [0.15, 0.2) is 28.8 Å². The molecular formula is C13H13ClN2O. The maximum absolute atomic E-state index is 5.65. The van der Waals surface area contributed by atoms with Crippen LogP contribution in [0, 0.1) is 0 Å². The quantitative estimate of drug-likeness (QED) is 0.784. The molecule has 0 aliphatic heterocycles. The molecule has 0 spiro atoms. The summed E-state index contributed by atoms with van der Waals surface area (Å²) in [4.78, 5) is 4.40. The highest BCUT2D eigenvalue weighted by Crippen LogP contribution is 2.32. The Balaban J connectivity index is 1.79. The number of aromatic nitrogens is 2.